The van der Waals surface area contributed by atoms with Crippen LogP contribution in [0, 0.1) is 12.8 Å². The molecule has 0 unspecified atom stereocenters. The van der Waals surface area contributed by atoms with Crippen molar-refractivity contribution < 1.29 is 0 Å². The number of nitrogens with zero attached hydrogens (tertiary/aromatic N) is 5. The molecule has 0 atom stereocenters. The second-order valence-electron chi connectivity index (χ2n) is 5.25. The van der Waals surface area contributed by atoms with Crippen LogP contribution in [0.1, 0.15) is 24.5 Å². The molecule has 0 spiro atoms. The zero-order chi connectivity index (χ0) is 16.4. The van der Waals surface area contributed by atoms with Gasteiger partial charge in [0.2, 0.25) is 4.96 Å². The number of hydrogen-bond acceptors (Lipinski definition) is 9. The van der Waals surface area contributed by atoms with Crippen molar-refractivity contribution in [1.29, 1.82) is 0 Å². The monoisotopic (exact) mass is 385 g/mol. The summed E-state index contributed by atoms with van der Waals surface area (Å²) < 4.78 is 3.28. The van der Waals surface area contributed by atoms with Crippen molar-refractivity contribution in [3.05, 3.63) is 27.1 Å². The maximum atomic E-state index is 11.9. The Balaban J connectivity index is 1.66. The molecule has 3 rings (SSSR count). The summed E-state index contributed by atoms with van der Waals surface area (Å²) in [5.74, 6) is 2.35. The second-order valence-corrected chi connectivity index (χ2v) is 9.76. The van der Waals surface area contributed by atoms with E-state index < -0.39 is 0 Å². The molecule has 0 bridgehead atoms. The highest BCUT2D eigenvalue weighted by Gasteiger charge is 2.11. The van der Waals surface area contributed by atoms with Gasteiger partial charge in [0.05, 0.1) is 5.75 Å². The molecule has 0 aliphatic rings. The van der Waals surface area contributed by atoms with E-state index in [-0.39, 0.29) is 5.56 Å². The second kappa shape index (κ2) is 7.29. The Labute approximate surface area is 149 Å². The standard InChI is InChI=1S/C13H15N5OS4/c1-7(2)5-20-12-15-16-13(23-12)21-6-9-17-18-10(19)4-8(3)14-11(18)22-9/h4,7H,5-6H2,1-3H3. The summed E-state index contributed by atoms with van der Waals surface area (Å²) in [6.07, 6.45) is 0. The first kappa shape index (κ1) is 16.9. The summed E-state index contributed by atoms with van der Waals surface area (Å²) >= 11 is 6.37. The maximum absolute atomic E-state index is 11.9. The first-order valence-electron chi connectivity index (χ1n) is 6.97. The van der Waals surface area contributed by atoms with Gasteiger partial charge in [-0.15, -0.1) is 10.2 Å². The largest absolute Gasteiger partial charge is 0.275 e. The Morgan fingerprint density at radius 2 is 1.96 bits per heavy atom. The molecule has 0 saturated carbocycles. The van der Waals surface area contributed by atoms with E-state index in [1.165, 1.54) is 21.9 Å². The molecule has 3 aromatic heterocycles. The topological polar surface area (TPSA) is 73.0 Å². The molecular weight excluding hydrogens is 370 g/mol. The molecule has 0 N–H and O–H groups in total. The van der Waals surface area contributed by atoms with Crippen molar-refractivity contribution in [2.24, 2.45) is 5.92 Å². The predicted molar refractivity (Wildman–Crippen MR) is 96.9 cm³/mol. The van der Waals surface area contributed by atoms with Gasteiger partial charge < -0.3 is 0 Å². The molecule has 0 amide bonds. The molecular formula is C13H15N5OS4. The highest BCUT2D eigenvalue weighted by molar-refractivity contribution is 8.03. The Kier molecular flexibility index (Phi) is 5.34. The molecule has 0 aromatic carbocycles. The van der Waals surface area contributed by atoms with E-state index in [4.69, 9.17) is 0 Å². The fourth-order valence-electron chi connectivity index (χ4n) is 1.69. The van der Waals surface area contributed by atoms with Crippen LogP contribution in [0.3, 0.4) is 0 Å². The van der Waals surface area contributed by atoms with Crippen LogP contribution in [-0.4, -0.2) is 30.5 Å². The van der Waals surface area contributed by atoms with Crippen LogP contribution >= 0.6 is 46.2 Å². The van der Waals surface area contributed by atoms with Gasteiger partial charge in [0.25, 0.3) is 5.56 Å². The first-order chi connectivity index (χ1) is 11.0. The minimum Gasteiger partial charge on any atom is -0.267 e. The smallest absolute Gasteiger partial charge is 0.267 e. The van der Waals surface area contributed by atoms with Crippen molar-refractivity contribution in [2.45, 2.75) is 35.2 Å². The molecule has 3 heterocycles. The van der Waals surface area contributed by atoms with E-state index >= 15 is 0 Å². The van der Waals surface area contributed by atoms with E-state index in [0.717, 1.165) is 19.4 Å². The number of thioether (sulfide) groups is 2. The minimum atomic E-state index is -0.136. The number of aryl methyl sites for hydroxylation is 1. The molecule has 23 heavy (non-hydrogen) atoms. The zero-order valence-corrected chi connectivity index (χ0v) is 16.1. The number of fused-ring (bicyclic) bond motifs is 1. The number of rotatable bonds is 6. The highest BCUT2D eigenvalue weighted by atomic mass is 32.2. The van der Waals surface area contributed by atoms with E-state index in [1.807, 2.05) is 6.92 Å². The third kappa shape index (κ3) is 4.31. The van der Waals surface area contributed by atoms with Crippen LogP contribution in [0.2, 0.25) is 0 Å². The highest BCUT2D eigenvalue weighted by Crippen LogP contribution is 2.32. The van der Waals surface area contributed by atoms with Crippen LogP contribution < -0.4 is 5.56 Å². The van der Waals surface area contributed by atoms with Gasteiger partial charge >= 0.3 is 0 Å². The van der Waals surface area contributed by atoms with Crippen LogP contribution in [0.4, 0.5) is 0 Å². The summed E-state index contributed by atoms with van der Waals surface area (Å²) in [7, 11) is 0. The van der Waals surface area contributed by atoms with Crippen LogP contribution in [0.25, 0.3) is 4.96 Å². The molecule has 122 valence electrons. The lowest BCUT2D eigenvalue weighted by Gasteiger charge is -1.98. The average molecular weight is 386 g/mol. The SMILES string of the molecule is Cc1cc(=O)n2nc(CSc3nnc(SCC(C)C)s3)sc2n1. The van der Waals surface area contributed by atoms with Gasteiger partial charge in [0.15, 0.2) is 8.68 Å². The molecule has 0 saturated heterocycles. The van der Waals surface area contributed by atoms with Gasteiger partial charge in [-0.05, 0) is 12.8 Å². The number of hydrogen-bond donors (Lipinski definition) is 0. The zero-order valence-electron chi connectivity index (χ0n) is 12.8. The van der Waals surface area contributed by atoms with Crippen LogP contribution in [0.15, 0.2) is 19.5 Å². The Hall–Kier alpha value is -0.970. The lowest BCUT2D eigenvalue weighted by atomic mass is 10.3. The summed E-state index contributed by atoms with van der Waals surface area (Å²) in [6.45, 7) is 6.19. The molecule has 3 aromatic rings. The third-order valence-corrected chi connectivity index (χ3v) is 7.38. The van der Waals surface area contributed by atoms with E-state index in [2.05, 4.69) is 34.1 Å². The van der Waals surface area contributed by atoms with E-state index in [9.17, 15) is 4.79 Å². The normalized spacial score (nSPS) is 11.7. The van der Waals surface area contributed by atoms with Crippen molar-refractivity contribution in [3.63, 3.8) is 0 Å². The molecule has 0 aliphatic carbocycles. The van der Waals surface area contributed by atoms with Crippen molar-refractivity contribution in [2.75, 3.05) is 5.75 Å². The Morgan fingerprint density at radius 3 is 2.70 bits per heavy atom. The van der Waals surface area contributed by atoms with Crippen molar-refractivity contribution in [1.82, 2.24) is 24.8 Å². The summed E-state index contributed by atoms with van der Waals surface area (Å²) in [5, 5.41) is 13.6. The summed E-state index contributed by atoms with van der Waals surface area (Å²) in [6, 6.07) is 1.49. The minimum absolute atomic E-state index is 0.136. The van der Waals surface area contributed by atoms with Gasteiger partial charge in [-0.3, -0.25) is 4.79 Å². The number of aromatic nitrogens is 5. The van der Waals surface area contributed by atoms with Gasteiger partial charge in [-0.2, -0.15) is 9.61 Å². The first-order valence-corrected chi connectivity index (χ1v) is 10.6. The average Bonchev–Trinajstić information content (AvgIpc) is 3.09. The van der Waals surface area contributed by atoms with E-state index in [0.29, 0.717) is 22.3 Å². The summed E-state index contributed by atoms with van der Waals surface area (Å²) in [5.41, 5.74) is 0.581. The van der Waals surface area contributed by atoms with Crippen LogP contribution in [0.5, 0.6) is 0 Å². The quantitative estimate of drug-likeness (QED) is 0.602. The lowest BCUT2D eigenvalue weighted by Crippen LogP contribution is -2.14. The molecule has 0 fully saturated rings. The van der Waals surface area contributed by atoms with Crippen molar-refractivity contribution >= 4 is 51.2 Å². The lowest BCUT2D eigenvalue weighted by molar-refractivity contribution is 0.749. The summed E-state index contributed by atoms with van der Waals surface area (Å²) in [4.78, 5) is 16.8. The van der Waals surface area contributed by atoms with Gasteiger partial charge in [-0.25, -0.2) is 4.98 Å². The molecule has 6 nitrogen and oxygen atoms in total. The molecule has 0 radical (unpaired) electrons. The van der Waals surface area contributed by atoms with E-state index in [1.54, 1.807) is 34.9 Å². The molecule has 0 aliphatic heterocycles. The van der Waals surface area contributed by atoms with Gasteiger partial charge in [0.1, 0.15) is 5.01 Å². The fraction of sp³-hybridized carbons (Fsp3) is 0.462. The van der Waals surface area contributed by atoms with Crippen molar-refractivity contribution in [3.8, 4) is 0 Å². The fourth-order valence-corrected chi connectivity index (χ4v) is 5.62. The van der Waals surface area contributed by atoms with Gasteiger partial charge in [0, 0.05) is 17.5 Å². The third-order valence-electron chi connectivity index (χ3n) is 2.66. The maximum Gasteiger partial charge on any atom is 0.275 e. The van der Waals surface area contributed by atoms with Crippen LogP contribution in [-0.2, 0) is 5.75 Å². The Bertz CT molecular complexity index is 869. The molecule has 10 heteroatoms. The predicted octanol–water partition coefficient (Wildman–Crippen LogP) is 3.35. The Morgan fingerprint density at radius 1 is 1.22 bits per heavy atom. The van der Waals surface area contributed by atoms with Gasteiger partial charge in [-0.1, -0.05) is 60.0 Å².